The van der Waals surface area contributed by atoms with Crippen LogP contribution >= 0.6 is 11.6 Å². The average Bonchev–Trinajstić information content (AvgIpc) is 2.86. The molecule has 0 amide bonds. The van der Waals surface area contributed by atoms with Gasteiger partial charge in [-0.05, 0) is 29.7 Å². The number of halogens is 1. The summed E-state index contributed by atoms with van der Waals surface area (Å²) in [6.45, 7) is 1.78. The minimum absolute atomic E-state index is 0.512. The molecular formula is C14H14ClN3. The molecule has 0 radical (unpaired) electrons. The number of anilines is 2. The van der Waals surface area contributed by atoms with Gasteiger partial charge in [0.1, 0.15) is 0 Å². The number of benzene rings is 1. The fourth-order valence-corrected chi connectivity index (χ4v) is 2.45. The van der Waals surface area contributed by atoms with Crippen molar-refractivity contribution >= 4 is 23.0 Å². The van der Waals surface area contributed by atoms with Crippen molar-refractivity contribution < 1.29 is 0 Å². The first-order chi connectivity index (χ1) is 8.84. The van der Waals surface area contributed by atoms with Gasteiger partial charge in [-0.15, -0.1) is 0 Å². The number of rotatable bonds is 3. The molecule has 0 spiro atoms. The Labute approximate surface area is 111 Å². The highest BCUT2D eigenvalue weighted by atomic mass is 35.5. The molecule has 0 atom stereocenters. The maximum Gasteiger partial charge on any atom is 0.152 e. The summed E-state index contributed by atoms with van der Waals surface area (Å²) in [6.07, 6.45) is 2.80. The largest absolute Gasteiger partial charge is 0.384 e. The Bertz CT molecular complexity index is 569. The molecule has 1 aromatic heterocycles. The van der Waals surface area contributed by atoms with Crippen molar-refractivity contribution in [2.75, 3.05) is 17.2 Å². The summed E-state index contributed by atoms with van der Waals surface area (Å²) >= 11 is 6.02. The van der Waals surface area contributed by atoms with Crippen molar-refractivity contribution in [3.63, 3.8) is 0 Å². The normalized spacial score (nSPS) is 12.9. The smallest absolute Gasteiger partial charge is 0.152 e. The number of hydrogen-bond donors (Lipinski definition) is 2. The monoisotopic (exact) mass is 259 g/mol. The minimum atomic E-state index is 0.512. The summed E-state index contributed by atoms with van der Waals surface area (Å²) < 4.78 is 0. The van der Waals surface area contributed by atoms with E-state index in [1.165, 1.54) is 16.8 Å². The van der Waals surface area contributed by atoms with Crippen LogP contribution in [0.15, 0.2) is 36.5 Å². The first kappa shape index (κ1) is 11.4. The van der Waals surface area contributed by atoms with E-state index in [2.05, 4.69) is 33.8 Å². The Morgan fingerprint density at radius 2 is 2.22 bits per heavy atom. The molecule has 0 unspecified atom stereocenters. The number of hydrogen-bond acceptors (Lipinski definition) is 3. The molecule has 2 aromatic rings. The van der Waals surface area contributed by atoms with Crippen molar-refractivity contribution in [1.29, 1.82) is 0 Å². The Morgan fingerprint density at radius 1 is 1.28 bits per heavy atom. The molecule has 0 bridgehead atoms. The zero-order chi connectivity index (χ0) is 12.4. The zero-order valence-corrected chi connectivity index (χ0v) is 10.7. The highest BCUT2D eigenvalue weighted by Crippen LogP contribution is 2.27. The van der Waals surface area contributed by atoms with Gasteiger partial charge in [0, 0.05) is 25.0 Å². The number of fused-ring (bicyclic) bond motifs is 1. The molecule has 18 heavy (non-hydrogen) atoms. The van der Waals surface area contributed by atoms with Gasteiger partial charge in [0.05, 0.1) is 5.69 Å². The summed E-state index contributed by atoms with van der Waals surface area (Å²) in [5, 5.41) is 7.27. The predicted molar refractivity (Wildman–Crippen MR) is 75.2 cm³/mol. The summed E-state index contributed by atoms with van der Waals surface area (Å²) in [5.74, 6) is 0. The van der Waals surface area contributed by atoms with E-state index in [-0.39, 0.29) is 0 Å². The molecule has 3 nitrogen and oxygen atoms in total. The maximum atomic E-state index is 6.02. The summed E-state index contributed by atoms with van der Waals surface area (Å²) in [6, 6.07) is 10.2. The van der Waals surface area contributed by atoms with Crippen LogP contribution in [0, 0.1) is 0 Å². The van der Waals surface area contributed by atoms with Gasteiger partial charge >= 0.3 is 0 Å². The second-order valence-corrected chi connectivity index (χ2v) is 4.68. The zero-order valence-electron chi connectivity index (χ0n) is 9.91. The lowest BCUT2D eigenvalue weighted by Gasteiger charge is -2.11. The first-order valence-corrected chi connectivity index (χ1v) is 6.41. The number of nitrogens with one attached hydrogen (secondary N) is 2. The Balaban J connectivity index is 1.78. The van der Waals surface area contributed by atoms with E-state index in [0.717, 1.165) is 25.2 Å². The van der Waals surface area contributed by atoms with Gasteiger partial charge in [-0.1, -0.05) is 29.8 Å². The third-order valence-corrected chi connectivity index (χ3v) is 3.46. The van der Waals surface area contributed by atoms with Crippen LogP contribution in [0.5, 0.6) is 0 Å². The van der Waals surface area contributed by atoms with Crippen LogP contribution < -0.4 is 10.6 Å². The third kappa shape index (κ3) is 2.14. The lowest BCUT2D eigenvalue weighted by atomic mass is 10.1. The lowest BCUT2D eigenvalue weighted by Crippen LogP contribution is -2.03. The third-order valence-electron chi connectivity index (χ3n) is 3.16. The van der Waals surface area contributed by atoms with Crippen LogP contribution in [0.1, 0.15) is 11.1 Å². The van der Waals surface area contributed by atoms with E-state index in [0.29, 0.717) is 5.15 Å². The molecule has 2 heterocycles. The highest BCUT2D eigenvalue weighted by molar-refractivity contribution is 6.31. The van der Waals surface area contributed by atoms with Gasteiger partial charge in [-0.25, -0.2) is 4.98 Å². The number of pyridine rings is 1. The maximum absolute atomic E-state index is 6.02. The average molecular weight is 260 g/mol. The van der Waals surface area contributed by atoms with Crippen LogP contribution in [0.25, 0.3) is 0 Å². The molecule has 3 rings (SSSR count). The van der Waals surface area contributed by atoms with E-state index in [1.54, 1.807) is 6.20 Å². The molecule has 1 aliphatic rings. The molecule has 2 N–H and O–H groups in total. The Hall–Kier alpha value is -1.74. The lowest BCUT2D eigenvalue weighted by molar-refractivity contribution is 1.11. The van der Waals surface area contributed by atoms with Gasteiger partial charge in [-0.2, -0.15) is 0 Å². The van der Waals surface area contributed by atoms with E-state index in [4.69, 9.17) is 11.6 Å². The van der Waals surface area contributed by atoms with Crippen LogP contribution in [0.2, 0.25) is 5.15 Å². The highest BCUT2D eigenvalue weighted by Gasteiger charge is 2.13. The van der Waals surface area contributed by atoms with Gasteiger partial charge in [0.15, 0.2) is 5.15 Å². The van der Waals surface area contributed by atoms with Crippen molar-refractivity contribution in [2.45, 2.75) is 13.0 Å². The second kappa shape index (κ2) is 4.86. The Morgan fingerprint density at radius 3 is 3.11 bits per heavy atom. The van der Waals surface area contributed by atoms with Crippen LogP contribution in [0.3, 0.4) is 0 Å². The van der Waals surface area contributed by atoms with Crippen LogP contribution in [-0.4, -0.2) is 11.5 Å². The van der Waals surface area contributed by atoms with Gasteiger partial charge < -0.3 is 10.6 Å². The van der Waals surface area contributed by atoms with E-state index in [1.807, 2.05) is 12.1 Å². The molecule has 0 saturated heterocycles. The number of nitrogens with zero attached hydrogens (tertiary/aromatic N) is 1. The summed E-state index contributed by atoms with van der Waals surface area (Å²) in [4.78, 5) is 4.05. The standard InChI is InChI=1S/C14H14ClN3/c15-14-12(5-2-7-17-14)18-9-11-4-1-3-10-6-8-16-13(10)11/h1-5,7,16,18H,6,8-9H2. The summed E-state index contributed by atoms with van der Waals surface area (Å²) in [5.41, 5.74) is 4.80. The van der Waals surface area contributed by atoms with E-state index < -0.39 is 0 Å². The predicted octanol–water partition coefficient (Wildman–Crippen LogP) is 3.32. The first-order valence-electron chi connectivity index (χ1n) is 6.03. The molecular weight excluding hydrogens is 246 g/mol. The van der Waals surface area contributed by atoms with Gasteiger partial charge in [0.2, 0.25) is 0 Å². The Kier molecular flexibility index (Phi) is 3.07. The number of aromatic nitrogens is 1. The molecule has 92 valence electrons. The summed E-state index contributed by atoms with van der Waals surface area (Å²) in [7, 11) is 0. The molecule has 0 fully saturated rings. The topological polar surface area (TPSA) is 37.0 Å². The van der Waals surface area contributed by atoms with Crippen molar-refractivity contribution in [2.24, 2.45) is 0 Å². The molecule has 4 heteroatoms. The minimum Gasteiger partial charge on any atom is -0.384 e. The number of para-hydroxylation sites is 1. The fraction of sp³-hybridized carbons (Fsp3) is 0.214. The van der Waals surface area contributed by atoms with Crippen molar-refractivity contribution in [1.82, 2.24) is 4.98 Å². The molecule has 0 saturated carbocycles. The van der Waals surface area contributed by atoms with Crippen molar-refractivity contribution in [3.05, 3.63) is 52.8 Å². The SMILES string of the molecule is Clc1ncccc1NCc1cccc2c1NCC2. The van der Waals surface area contributed by atoms with E-state index >= 15 is 0 Å². The molecule has 1 aromatic carbocycles. The van der Waals surface area contributed by atoms with Gasteiger partial charge in [-0.3, -0.25) is 0 Å². The van der Waals surface area contributed by atoms with Crippen LogP contribution in [0.4, 0.5) is 11.4 Å². The fourth-order valence-electron chi connectivity index (χ4n) is 2.27. The molecule has 1 aliphatic heterocycles. The van der Waals surface area contributed by atoms with Crippen molar-refractivity contribution in [3.8, 4) is 0 Å². The molecule has 0 aliphatic carbocycles. The quantitative estimate of drug-likeness (QED) is 0.831. The second-order valence-electron chi connectivity index (χ2n) is 4.32. The van der Waals surface area contributed by atoms with Gasteiger partial charge in [0.25, 0.3) is 0 Å². The van der Waals surface area contributed by atoms with E-state index in [9.17, 15) is 0 Å². The van der Waals surface area contributed by atoms with Crippen LogP contribution in [-0.2, 0) is 13.0 Å².